The SMILES string of the molecule is O=S1(=O)N=C(c2cccc(Cl)c2Cl)Nc2ccccc21. The van der Waals surface area contributed by atoms with Crippen molar-refractivity contribution in [3.05, 3.63) is 58.1 Å². The molecule has 0 spiro atoms. The molecule has 0 radical (unpaired) electrons. The van der Waals surface area contributed by atoms with Crippen LogP contribution >= 0.6 is 23.2 Å². The van der Waals surface area contributed by atoms with E-state index in [2.05, 4.69) is 9.71 Å². The van der Waals surface area contributed by atoms with Crippen LogP contribution in [0.4, 0.5) is 5.69 Å². The highest BCUT2D eigenvalue weighted by atomic mass is 35.5. The van der Waals surface area contributed by atoms with E-state index in [1.165, 1.54) is 6.07 Å². The maximum atomic E-state index is 12.1. The van der Waals surface area contributed by atoms with Gasteiger partial charge in [-0.3, -0.25) is 0 Å². The molecule has 0 aromatic heterocycles. The highest BCUT2D eigenvalue weighted by Gasteiger charge is 2.26. The molecule has 0 aliphatic carbocycles. The van der Waals surface area contributed by atoms with Crippen molar-refractivity contribution in [3.8, 4) is 0 Å². The first-order valence-corrected chi connectivity index (χ1v) is 7.84. The van der Waals surface area contributed by atoms with Crippen molar-refractivity contribution in [1.82, 2.24) is 0 Å². The lowest BCUT2D eigenvalue weighted by Gasteiger charge is -2.18. The number of rotatable bonds is 1. The molecule has 0 saturated carbocycles. The Kier molecular flexibility index (Phi) is 3.20. The minimum atomic E-state index is -3.75. The highest BCUT2D eigenvalue weighted by Crippen LogP contribution is 2.31. The van der Waals surface area contributed by atoms with Crippen LogP contribution in [0.5, 0.6) is 0 Å². The van der Waals surface area contributed by atoms with Crippen LogP contribution in [-0.2, 0) is 10.0 Å². The van der Waals surface area contributed by atoms with E-state index in [9.17, 15) is 8.42 Å². The second kappa shape index (κ2) is 4.77. The van der Waals surface area contributed by atoms with E-state index in [0.29, 0.717) is 16.3 Å². The number of fused-ring (bicyclic) bond motifs is 1. The topological polar surface area (TPSA) is 58.5 Å². The molecule has 0 amide bonds. The smallest absolute Gasteiger partial charge is 0.286 e. The summed E-state index contributed by atoms with van der Waals surface area (Å²) >= 11 is 12.0. The molecule has 0 unspecified atom stereocenters. The zero-order valence-corrected chi connectivity index (χ0v) is 12.3. The standard InChI is InChI=1S/C13H8Cl2N2O2S/c14-9-5-3-4-8(12(9)15)13-16-10-6-1-2-7-11(10)20(18,19)17-13/h1-7H,(H,16,17). The number of benzene rings is 2. The lowest BCUT2D eigenvalue weighted by Crippen LogP contribution is -2.22. The first-order valence-electron chi connectivity index (χ1n) is 5.64. The molecule has 3 rings (SSSR count). The summed E-state index contributed by atoms with van der Waals surface area (Å²) in [5.41, 5.74) is 0.908. The van der Waals surface area contributed by atoms with E-state index >= 15 is 0 Å². The quantitative estimate of drug-likeness (QED) is 0.871. The Bertz CT molecular complexity index is 832. The van der Waals surface area contributed by atoms with E-state index in [1.54, 1.807) is 36.4 Å². The van der Waals surface area contributed by atoms with Crippen LogP contribution in [0.3, 0.4) is 0 Å². The molecule has 1 aliphatic rings. The third-order valence-electron chi connectivity index (χ3n) is 2.84. The number of hydrogen-bond donors (Lipinski definition) is 1. The monoisotopic (exact) mass is 326 g/mol. The van der Waals surface area contributed by atoms with E-state index in [1.807, 2.05) is 0 Å². The minimum Gasteiger partial charge on any atom is -0.338 e. The Hall–Kier alpha value is -1.56. The Morgan fingerprint density at radius 3 is 2.55 bits per heavy atom. The zero-order valence-electron chi connectivity index (χ0n) is 9.97. The van der Waals surface area contributed by atoms with Crippen LogP contribution in [0.2, 0.25) is 10.0 Å². The molecule has 7 heteroatoms. The van der Waals surface area contributed by atoms with Gasteiger partial charge in [0.1, 0.15) is 4.90 Å². The molecule has 20 heavy (non-hydrogen) atoms. The number of halogens is 2. The van der Waals surface area contributed by atoms with Crippen LogP contribution in [0.15, 0.2) is 51.8 Å². The Labute approximate surface area is 126 Å². The van der Waals surface area contributed by atoms with Crippen LogP contribution in [0, 0.1) is 0 Å². The molecule has 1 aliphatic heterocycles. The third kappa shape index (κ3) is 2.18. The normalized spacial score (nSPS) is 16.0. The van der Waals surface area contributed by atoms with Gasteiger partial charge in [0.2, 0.25) is 0 Å². The summed E-state index contributed by atoms with van der Waals surface area (Å²) in [6.45, 7) is 0. The second-order valence-electron chi connectivity index (χ2n) is 4.14. The van der Waals surface area contributed by atoms with Gasteiger partial charge in [0.15, 0.2) is 5.84 Å². The molecule has 102 valence electrons. The fourth-order valence-corrected chi connectivity index (χ4v) is 3.44. The summed E-state index contributed by atoms with van der Waals surface area (Å²) < 4.78 is 28.1. The van der Waals surface area contributed by atoms with Gasteiger partial charge < -0.3 is 5.32 Å². The van der Waals surface area contributed by atoms with Crippen LogP contribution in [0.1, 0.15) is 5.56 Å². The van der Waals surface area contributed by atoms with Gasteiger partial charge in [-0.15, -0.1) is 4.40 Å². The largest absolute Gasteiger partial charge is 0.338 e. The molecule has 4 nitrogen and oxygen atoms in total. The maximum absolute atomic E-state index is 12.1. The van der Waals surface area contributed by atoms with Crippen LogP contribution in [0.25, 0.3) is 0 Å². The Morgan fingerprint density at radius 1 is 1.00 bits per heavy atom. The molecule has 1 N–H and O–H groups in total. The van der Waals surface area contributed by atoms with Gasteiger partial charge in [-0.25, -0.2) is 0 Å². The molecule has 0 atom stereocenters. The van der Waals surface area contributed by atoms with E-state index in [4.69, 9.17) is 23.2 Å². The zero-order chi connectivity index (χ0) is 14.3. The number of amidine groups is 1. The predicted molar refractivity (Wildman–Crippen MR) is 80.2 cm³/mol. The highest BCUT2D eigenvalue weighted by molar-refractivity contribution is 7.90. The van der Waals surface area contributed by atoms with Crippen molar-refractivity contribution in [3.63, 3.8) is 0 Å². The van der Waals surface area contributed by atoms with Crippen molar-refractivity contribution >= 4 is 44.7 Å². The van der Waals surface area contributed by atoms with E-state index in [-0.39, 0.29) is 15.8 Å². The van der Waals surface area contributed by atoms with Gasteiger partial charge in [0.25, 0.3) is 10.0 Å². The molecule has 0 fully saturated rings. The molecule has 2 aromatic rings. The Morgan fingerprint density at radius 2 is 1.75 bits per heavy atom. The maximum Gasteiger partial charge on any atom is 0.286 e. The predicted octanol–water partition coefficient (Wildman–Crippen LogP) is 3.55. The van der Waals surface area contributed by atoms with Gasteiger partial charge in [-0.2, -0.15) is 8.42 Å². The summed E-state index contributed by atoms with van der Waals surface area (Å²) in [4.78, 5) is 0.141. The first kappa shape index (κ1) is 13.4. The summed E-state index contributed by atoms with van der Waals surface area (Å²) in [5.74, 6) is 0.163. The Balaban J connectivity index is 2.19. The average molecular weight is 327 g/mol. The van der Waals surface area contributed by atoms with Crippen molar-refractivity contribution in [1.29, 1.82) is 0 Å². The number of para-hydroxylation sites is 1. The lowest BCUT2D eigenvalue weighted by molar-refractivity contribution is 0.598. The number of nitrogens with one attached hydrogen (secondary N) is 1. The van der Waals surface area contributed by atoms with E-state index < -0.39 is 10.0 Å². The lowest BCUT2D eigenvalue weighted by atomic mass is 10.2. The summed E-state index contributed by atoms with van der Waals surface area (Å²) in [6, 6.07) is 11.5. The van der Waals surface area contributed by atoms with E-state index in [0.717, 1.165) is 0 Å². The van der Waals surface area contributed by atoms with Crippen molar-refractivity contribution in [2.24, 2.45) is 4.40 Å². The van der Waals surface area contributed by atoms with Crippen molar-refractivity contribution < 1.29 is 8.42 Å². The van der Waals surface area contributed by atoms with Gasteiger partial charge in [0, 0.05) is 5.56 Å². The van der Waals surface area contributed by atoms with Gasteiger partial charge >= 0.3 is 0 Å². The molecule has 0 bridgehead atoms. The number of sulfonamides is 1. The molecular formula is C13H8Cl2N2O2S. The first-order chi connectivity index (χ1) is 9.49. The molecular weight excluding hydrogens is 319 g/mol. The minimum absolute atomic E-state index is 0.141. The van der Waals surface area contributed by atoms with Crippen LogP contribution in [-0.4, -0.2) is 14.3 Å². The van der Waals surface area contributed by atoms with Crippen LogP contribution < -0.4 is 5.32 Å². The number of anilines is 1. The van der Waals surface area contributed by atoms with Gasteiger partial charge in [-0.1, -0.05) is 41.4 Å². The molecule has 2 aromatic carbocycles. The third-order valence-corrected chi connectivity index (χ3v) is 4.99. The van der Waals surface area contributed by atoms with Gasteiger partial charge in [0.05, 0.1) is 15.7 Å². The fraction of sp³-hybridized carbons (Fsp3) is 0. The second-order valence-corrected chi connectivity index (χ2v) is 6.50. The molecule has 0 saturated heterocycles. The summed E-state index contributed by atoms with van der Waals surface area (Å²) in [6.07, 6.45) is 0. The van der Waals surface area contributed by atoms with Gasteiger partial charge in [-0.05, 0) is 24.3 Å². The van der Waals surface area contributed by atoms with Crippen molar-refractivity contribution in [2.45, 2.75) is 4.90 Å². The molecule has 1 heterocycles. The number of nitrogens with zero attached hydrogens (tertiary/aromatic N) is 1. The fourth-order valence-electron chi connectivity index (χ4n) is 1.92. The van der Waals surface area contributed by atoms with Crippen molar-refractivity contribution in [2.75, 3.05) is 5.32 Å². The average Bonchev–Trinajstić information content (AvgIpc) is 2.41. The summed E-state index contributed by atoms with van der Waals surface area (Å²) in [5, 5.41) is 3.56. The number of hydrogen-bond acceptors (Lipinski definition) is 3. The summed E-state index contributed by atoms with van der Waals surface area (Å²) in [7, 11) is -3.75.